The molecule has 0 saturated carbocycles. The van der Waals surface area contributed by atoms with Gasteiger partial charge >= 0.3 is 0 Å². The third-order valence-electron chi connectivity index (χ3n) is 3.65. The molecule has 4 heteroatoms. The predicted molar refractivity (Wildman–Crippen MR) is 87.8 cm³/mol. The predicted octanol–water partition coefficient (Wildman–Crippen LogP) is 2.89. The zero-order chi connectivity index (χ0) is 15.5. The van der Waals surface area contributed by atoms with Crippen molar-refractivity contribution in [3.8, 4) is 0 Å². The summed E-state index contributed by atoms with van der Waals surface area (Å²) >= 11 is 0. The second-order valence-electron chi connectivity index (χ2n) is 6.72. The van der Waals surface area contributed by atoms with Crippen LogP contribution in [0.1, 0.15) is 45.4 Å². The number of ether oxygens (including phenoxy) is 1. The van der Waals surface area contributed by atoms with E-state index in [0.717, 1.165) is 44.1 Å². The fourth-order valence-electron chi connectivity index (χ4n) is 3.02. The van der Waals surface area contributed by atoms with Crippen molar-refractivity contribution < 1.29 is 4.74 Å². The van der Waals surface area contributed by atoms with Crippen LogP contribution in [0.15, 0.2) is 12.1 Å². The highest BCUT2D eigenvalue weighted by Gasteiger charge is 2.32. The van der Waals surface area contributed by atoms with Gasteiger partial charge in [-0.05, 0) is 58.4 Å². The van der Waals surface area contributed by atoms with Crippen LogP contribution in [0, 0.1) is 6.92 Å². The molecular formula is C17H29N3O. The molecule has 1 aromatic heterocycles. The summed E-state index contributed by atoms with van der Waals surface area (Å²) in [6.07, 6.45) is 1.39. The first kappa shape index (κ1) is 16.2. The lowest BCUT2D eigenvalue weighted by molar-refractivity contribution is -0.0751. The van der Waals surface area contributed by atoms with Crippen LogP contribution in [0.5, 0.6) is 0 Å². The number of pyridine rings is 1. The summed E-state index contributed by atoms with van der Waals surface area (Å²) in [4.78, 5) is 7.08. The van der Waals surface area contributed by atoms with Gasteiger partial charge in [0.05, 0.1) is 11.7 Å². The van der Waals surface area contributed by atoms with Gasteiger partial charge in [-0.2, -0.15) is 0 Å². The summed E-state index contributed by atoms with van der Waals surface area (Å²) < 4.78 is 5.98. The van der Waals surface area contributed by atoms with Crippen molar-refractivity contribution >= 4 is 5.82 Å². The van der Waals surface area contributed by atoms with E-state index in [1.165, 1.54) is 5.56 Å². The number of nitrogens with zero attached hydrogens (tertiary/aromatic N) is 2. The molecule has 118 valence electrons. The fraction of sp³-hybridized carbons (Fsp3) is 0.706. The highest BCUT2D eigenvalue weighted by Crippen LogP contribution is 2.25. The Hall–Kier alpha value is -1.13. The first-order valence-electron chi connectivity index (χ1n) is 8.00. The first-order valence-corrected chi connectivity index (χ1v) is 8.00. The number of hydrogen-bond donors (Lipinski definition) is 1. The van der Waals surface area contributed by atoms with Crippen LogP contribution in [0.2, 0.25) is 0 Å². The highest BCUT2D eigenvalue weighted by molar-refractivity contribution is 5.43. The monoisotopic (exact) mass is 291 g/mol. The quantitative estimate of drug-likeness (QED) is 0.847. The van der Waals surface area contributed by atoms with E-state index in [0.29, 0.717) is 0 Å². The average molecular weight is 291 g/mol. The Labute approximate surface area is 128 Å². The largest absolute Gasteiger partial charge is 0.369 e. The van der Waals surface area contributed by atoms with E-state index in [4.69, 9.17) is 9.72 Å². The molecule has 0 amide bonds. The maximum Gasteiger partial charge on any atom is 0.129 e. The Morgan fingerprint density at radius 2 is 2.19 bits per heavy atom. The number of rotatable bonds is 5. The van der Waals surface area contributed by atoms with Crippen molar-refractivity contribution in [2.75, 3.05) is 24.5 Å². The number of nitrogens with one attached hydrogen (secondary N) is 1. The molecule has 1 aliphatic heterocycles. The highest BCUT2D eigenvalue weighted by atomic mass is 16.5. The summed E-state index contributed by atoms with van der Waals surface area (Å²) in [6.45, 7) is 14.4. The Balaban J connectivity index is 2.14. The third kappa shape index (κ3) is 4.68. The van der Waals surface area contributed by atoms with Gasteiger partial charge in [0.2, 0.25) is 0 Å². The average Bonchev–Trinajstić information content (AvgIpc) is 2.36. The summed E-state index contributed by atoms with van der Waals surface area (Å²) in [6, 6.07) is 4.38. The van der Waals surface area contributed by atoms with Crippen LogP contribution < -0.4 is 10.2 Å². The summed E-state index contributed by atoms with van der Waals surface area (Å²) in [7, 11) is 0. The zero-order valence-corrected chi connectivity index (χ0v) is 14.1. The van der Waals surface area contributed by atoms with Crippen LogP contribution in [0.4, 0.5) is 5.82 Å². The van der Waals surface area contributed by atoms with E-state index in [9.17, 15) is 0 Å². The van der Waals surface area contributed by atoms with Crippen molar-refractivity contribution in [1.82, 2.24) is 10.3 Å². The molecule has 0 spiro atoms. The molecule has 0 aliphatic carbocycles. The minimum absolute atomic E-state index is 0.121. The van der Waals surface area contributed by atoms with Crippen LogP contribution in [-0.4, -0.2) is 36.3 Å². The topological polar surface area (TPSA) is 37.4 Å². The molecule has 4 nitrogen and oxygen atoms in total. The Morgan fingerprint density at radius 1 is 1.43 bits per heavy atom. The van der Waals surface area contributed by atoms with Crippen molar-refractivity contribution in [1.29, 1.82) is 0 Å². The van der Waals surface area contributed by atoms with E-state index in [1.54, 1.807) is 0 Å². The van der Waals surface area contributed by atoms with Gasteiger partial charge in [-0.1, -0.05) is 6.92 Å². The lowest BCUT2D eigenvalue weighted by Gasteiger charge is -2.42. The van der Waals surface area contributed by atoms with Crippen molar-refractivity contribution in [3.05, 3.63) is 23.4 Å². The maximum atomic E-state index is 5.98. The zero-order valence-electron chi connectivity index (χ0n) is 14.1. The second-order valence-corrected chi connectivity index (χ2v) is 6.72. The summed E-state index contributed by atoms with van der Waals surface area (Å²) in [5.74, 6) is 1.08. The van der Waals surface area contributed by atoms with Gasteiger partial charge in [-0.3, -0.25) is 0 Å². The van der Waals surface area contributed by atoms with E-state index in [1.807, 2.05) is 0 Å². The maximum absolute atomic E-state index is 5.98. The van der Waals surface area contributed by atoms with Crippen molar-refractivity contribution in [2.45, 2.75) is 59.3 Å². The standard InChI is InChI=1S/C17H29N3O/c1-6-7-18-10-15-8-13(2)19-16(9-15)20-11-14(3)21-17(4,5)12-20/h8-9,14,18H,6-7,10-12H2,1-5H3. The normalized spacial score (nSPS) is 21.6. The molecular weight excluding hydrogens is 262 g/mol. The van der Waals surface area contributed by atoms with Gasteiger partial charge in [0, 0.05) is 25.3 Å². The van der Waals surface area contributed by atoms with Crippen molar-refractivity contribution in [3.63, 3.8) is 0 Å². The molecule has 1 atom stereocenters. The molecule has 1 N–H and O–H groups in total. The van der Waals surface area contributed by atoms with Crippen LogP contribution in [0.3, 0.4) is 0 Å². The first-order chi connectivity index (χ1) is 9.89. The third-order valence-corrected chi connectivity index (χ3v) is 3.65. The number of hydrogen-bond acceptors (Lipinski definition) is 4. The van der Waals surface area contributed by atoms with E-state index >= 15 is 0 Å². The number of aryl methyl sites for hydroxylation is 1. The summed E-state index contributed by atoms with van der Waals surface area (Å²) in [5, 5.41) is 3.46. The van der Waals surface area contributed by atoms with E-state index < -0.39 is 0 Å². The summed E-state index contributed by atoms with van der Waals surface area (Å²) in [5.41, 5.74) is 2.27. The Bertz CT molecular complexity index is 473. The second kappa shape index (κ2) is 6.75. The molecule has 0 radical (unpaired) electrons. The minimum atomic E-state index is -0.121. The fourth-order valence-corrected chi connectivity index (χ4v) is 3.02. The van der Waals surface area contributed by atoms with Gasteiger partial charge < -0.3 is 15.0 Å². The van der Waals surface area contributed by atoms with Crippen LogP contribution in [0.25, 0.3) is 0 Å². The van der Waals surface area contributed by atoms with Crippen LogP contribution >= 0.6 is 0 Å². The minimum Gasteiger partial charge on any atom is -0.369 e. The molecule has 0 bridgehead atoms. The number of aromatic nitrogens is 1. The van der Waals surface area contributed by atoms with Gasteiger partial charge in [-0.15, -0.1) is 0 Å². The molecule has 2 rings (SSSR count). The van der Waals surface area contributed by atoms with Crippen molar-refractivity contribution in [2.24, 2.45) is 0 Å². The van der Waals surface area contributed by atoms with Gasteiger partial charge in [0.1, 0.15) is 5.82 Å². The molecule has 2 heterocycles. The molecule has 21 heavy (non-hydrogen) atoms. The van der Waals surface area contributed by atoms with Gasteiger partial charge in [0.25, 0.3) is 0 Å². The Kier molecular flexibility index (Phi) is 5.22. The van der Waals surface area contributed by atoms with Gasteiger partial charge in [-0.25, -0.2) is 4.98 Å². The lowest BCUT2D eigenvalue weighted by atomic mass is 10.1. The molecule has 0 aromatic carbocycles. The number of anilines is 1. The molecule has 1 unspecified atom stereocenters. The van der Waals surface area contributed by atoms with Gasteiger partial charge in [0.15, 0.2) is 0 Å². The van der Waals surface area contributed by atoms with E-state index in [2.05, 4.69) is 57.0 Å². The molecule has 1 saturated heterocycles. The molecule has 1 aromatic rings. The van der Waals surface area contributed by atoms with Crippen LogP contribution in [-0.2, 0) is 11.3 Å². The lowest BCUT2D eigenvalue weighted by Crippen LogP contribution is -2.52. The smallest absolute Gasteiger partial charge is 0.129 e. The molecule has 1 aliphatic rings. The molecule has 1 fully saturated rings. The SMILES string of the molecule is CCCNCc1cc(C)nc(N2CC(C)OC(C)(C)C2)c1. The number of morpholine rings is 1. The Morgan fingerprint density at radius 3 is 2.86 bits per heavy atom. The van der Waals surface area contributed by atoms with E-state index in [-0.39, 0.29) is 11.7 Å².